The number of carbonyl (C=O) groups excluding carboxylic acids is 2. The number of esters is 1. The summed E-state index contributed by atoms with van der Waals surface area (Å²) in [5.74, 6) is -0.443. The van der Waals surface area contributed by atoms with E-state index in [1.54, 1.807) is 13.8 Å². The van der Waals surface area contributed by atoms with Gasteiger partial charge in [0, 0.05) is 38.3 Å². The normalized spacial score (nSPS) is 21.8. The van der Waals surface area contributed by atoms with E-state index in [1.807, 2.05) is 0 Å². The van der Waals surface area contributed by atoms with E-state index in [2.05, 4.69) is 4.74 Å². The molecule has 15 heavy (non-hydrogen) atoms. The van der Waals surface area contributed by atoms with Gasteiger partial charge in [0.05, 0.1) is 6.61 Å². The molecule has 1 heterocycles. The van der Waals surface area contributed by atoms with Gasteiger partial charge in [0.2, 0.25) is 0 Å². The fraction of sp³-hybridized carbons (Fsp3) is 0.556. The summed E-state index contributed by atoms with van der Waals surface area (Å²) >= 11 is 0. The van der Waals surface area contributed by atoms with Crippen molar-refractivity contribution in [3.05, 3.63) is 11.1 Å². The third kappa shape index (κ3) is 3.36. The van der Waals surface area contributed by atoms with Crippen molar-refractivity contribution in [3.8, 4) is 0 Å². The number of aliphatic hydroxyl groups excluding tert-OH is 1. The van der Waals surface area contributed by atoms with E-state index in [1.165, 1.54) is 6.47 Å². The molecule has 5 nitrogen and oxygen atoms in total. The third-order valence-corrected chi connectivity index (χ3v) is 2.22. The molecule has 6 heteroatoms. The van der Waals surface area contributed by atoms with Crippen molar-refractivity contribution in [1.82, 2.24) is 0 Å². The summed E-state index contributed by atoms with van der Waals surface area (Å²) in [6, 6.07) is 0. The molecule has 2 unspecified atom stereocenters. The van der Waals surface area contributed by atoms with E-state index in [0.29, 0.717) is 11.1 Å². The number of hydrogen-bond acceptors (Lipinski definition) is 5. The summed E-state index contributed by atoms with van der Waals surface area (Å²) in [6.07, 6.45) is -1.74. The minimum absolute atomic E-state index is 0. The number of rotatable bonds is 4. The molecule has 0 aromatic heterocycles. The van der Waals surface area contributed by atoms with Gasteiger partial charge in [-0.2, -0.15) is 0 Å². The molecular weight excluding hydrogens is 277 g/mol. The van der Waals surface area contributed by atoms with E-state index >= 15 is 0 Å². The third-order valence-electron chi connectivity index (χ3n) is 2.22. The van der Waals surface area contributed by atoms with E-state index < -0.39 is 18.2 Å². The molecule has 1 N–H and O–H groups in total. The fourth-order valence-electron chi connectivity index (χ4n) is 1.24. The van der Waals surface area contributed by atoms with Crippen molar-refractivity contribution in [2.75, 3.05) is 6.61 Å². The number of cyclic esters (lactones) is 1. The van der Waals surface area contributed by atoms with Gasteiger partial charge in [-0.1, -0.05) is 6.47 Å². The number of hydrogen-bond donors (Lipinski definition) is 1. The van der Waals surface area contributed by atoms with E-state index in [9.17, 15) is 14.7 Å². The minimum Gasteiger partial charge on any atom is -0.651 e. The molecule has 0 aromatic rings. The average Bonchev–Trinajstić information content (AvgIpc) is 2.42. The van der Waals surface area contributed by atoms with Crippen LogP contribution in [0.25, 0.3) is 0 Å². The van der Waals surface area contributed by atoms with Crippen LogP contribution in [-0.4, -0.2) is 36.4 Å². The van der Waals surface area contributed by atoms with E-state index in [-0.39, 0.29) is 39.3 Å². The second-order valence-corrected chi connectivity index (χ2v) is 3.10. The first-order valence-corrected chi connectivity index (χ1v) is 4.13. The zero-order chi connectivity index (χ0) is 10.7. The number of ether oxygens (including phenoxy) is 2. The molecule has 0 bridgehead atoms. The van der Waals surface area contributed by atoms with E-state index in [4.69, 9.17) is 4.74 Å². The molecule has 0 amide bonds. The monoisotopic (exact) mass is 288 g/mol. The Morgan fingerprint density at radius 2 is 2.20 bits per heavy atom. The standard InChI is InChI=1S/C9H11O5.Y/c1-5-6(2)9(12)14-8(5)7(11)3-13-4-10;/h7-8,11H,3H2,1-2H3;/q-1;. The molecule has 81 valence electrons. The topological polar surface area (TPSA) is 72.8 Å². The predicted octanol–water partition coefficient (Wildman–Crippen LogP) is -0.310. The largest absolute Gasteiger partial charge is 0.651 e. The SMILES string of the molecule is CC1=C(C)C(C(O)CO[C-]=O)OC1=O.[Y]. The van der Waals surface area contributed by atoms with Gasteiger partial charge in [-0.05, 0) is 19.4 Å². The Balaban J connectivity index is 0.00000196. The van der Waals surface area contributed by atoms with Gasteiger partial charge in [0.1, 0.15) is 6.10 Å². The Kier molecular flexibility index (Phi) is 6.24. The molecule has 1 aliphatic heterocycles. The van der Waals surface area contributed by atoms with Crippen LogP contribution >= 0.6 is 0 Å². The van der Waals surface area contributed by atoms with Gasteiger partial charge in [0.25, 0.3) is 0 Å². The van der Waals surface area contributed by atoms with Crippen molar-refractivity contribution in [3.63, 3.8) is 0 Å². The van der Waals surface area contributed by atoms with Crippen LogP contribution in [0.15, 0.2) is 11.1 Å². The van der Waals surface area contributed by atoms with Crippen LogP contribution in [0.5, 0.6) is 0 Å². The Morgan fingerprint density at radius 1 is 1.60 bits per heavy atom. The second kappa shape index (κ2) is 6.35. The molecule has 1 aliphatic rings. The van der Waals surface area contributed by atoms with Crippen molar-refractivity contribution in [1.29, 1.82) is 0 Å². The Hall–Kier alpha value is -0.256. The van der Waals surface area contributed by atoms with Crippen LogP contribution in [0, 0.1) is 0 Å². The zero-order valence-corrected chi connectivity index (χ0v) is 11.4. The van der Waals surface area contributed by atoms with Crippen molar-refractivity contribution < 1.29 is 56.9 Å². The first kappa shape index (κ1) is 14.7. The maximum Gasteiger partial charge on any atom is 0.334 e. The maximum absolute atomic E-state index is 11.1. The predicted molar refractivity (Wildman–Crippen MR) is 45.9 cm³/mol. The minimum atomic E-state index is -1.03. The molecule has 0 aliphatic carbocycles. The van der Waals surface area contributed by atoms with Gasteiger partial charge < -0.3 is 19.4 Å². The van der Waals surface area contributed by atoms with Crippen LogP contribution < -0.4 is 0 Å². The second-order valence-electron chi connectivity index (χ2n) is 3.10. The average molecular weight is 288 g/mol. The molecule has 0 saturated heterocycles. The summed E-state index contributed by atoms with van der Waals surface area (Å²) < 4.78 is 9.13. The van der Waals surface area contributed by atoms with Crippen LogP contribution in [0.1, 0.15) is 13.8 Å². The molecule has 1 radical (unpaired) electrons. The van der Waals surface area contributed by atoms with Crippen LogP contribution in [0.3, 0.4) is 0 Å². The summed E-state index contributed by atoms with van der Waals surface area (Å²) in [6.45, 7) is 4.28. The zero-order valence-electron chi connectivity index (χ0n) is 8.52. The van der Waals surface area contributed by atoms with Crippen LogP contribution in [-0.2, 0) is 51.8 Å². The fourth-order valence-corrected chi connectivity index (χ4v) is 1.24. The molecule has 0 spiro atoms. The van der Waals surface area contributed by atoms with Gasteiger partial charge in [-0.15, -0.1) is 0 Å². The van der Waals surface area contributed by atoms with Crippen molar-refractivity contribution >= 4 is 12.4 Å². The van der Waals surface area contributed by atoms with Gasteiger partial charge in [0.15, 0.2) is 6.10 Å². The van der Waals surface area contributed by atoms with Crippen molar-refractivity contribution in [2.24, 2.45) is 0 Å². The number of aliphatic hydroxyl groups is 1. The molecule has 0 aromatic carbocycles. The van der Waals surface area contributed by atoms with Gasteiger partial charge in [-0.3, -0.25) is 0 Å². The smallest absolute Gasteiger partial charge is 0.334 e. The molecule has 0 saturated carbocycles. The van der Waals surface area contributed by atoms with E-state index in [0.717, 1.165) is 0 Å². The Labute approximate surface area is 113 Å². The summed E-state index contributed by atoms with van der Waals surface area (Å²) in [5, 5.41) is 9.47. The van der Waals surface area contributed by atoms with Crippen LogP contribution in [0.4, 0.5) is 0 Å². The quantitative estimate of drug-likeness (QED) is 0.567. The molecule has 1 rings (SSSR count). The molecular formula is C9H11O5Y-. The van der Waals surface area contributed by atoms with Gasteiger partial charge in [-0.25, -0.2) is 4.79 Å². The molecule has 2 atom stereocenters. The Morgan fingerprint density at radius 3 is 2.60 bits per heavy atom. The molecule has 0 fully saturated rings. The first-order valence-electron chi connectivity index (χ1n) is 4.13. The summed E-state index contributed by atoms with van der Waals surface area (Å²) in [7, 11) is 0. The summed E-state index contributed by atoms with van der Waals surface area (Å²) in [4.78, 5) is 20.8. The Bertz CT molecular complexity index is 286. The number of carbonyl (C=O) groups is 1. The van der Waals surface area contributed by atoms with Gasteiger partial charge >= 0.3 is 5.97 Å². The van der Waals surface area contributed by atoms with Crippen molar-refractivity contribution in [2.45, 2.75) is 26.1 Å². The maximum atomic E-state index is 11.1. The van der Waals surface area contributed by atoms with Crippen LogP contribution in [0.2, 0.25) is 0 Å². The summed E-state index contributed by atoms with van der Waals surface area (Å²) in [5.41, 5.74) is 1.15. The first-order chi connectivity index (χ1) is 6.57.